The zero-order chi connectivity index (χ0) is 88.0. The third-order valence-corrected chi connectivity index (χ3v) is 19.5. The fourth-order valence-electron chi connectivity index (χ4n) is 12.9. The molecule has 7 atom stereocenters. The van der Waals surface area contributed by atoms with Crippen molar-refractivity contribution in [3.63, 3.8) is 0 Å². The number of carbonyl (C=O) groups excluding carboxylic acids is 16. The standard InChI is InChI=1S/C20H34N6O4.C19H34N6O4.C18H32N6O4.C17H32N6O5/c1-13(21)23-12-5-7-15(16(28)26-19(17(22)29)8-3-4-9-19)24-18(30)20(10-6-11-20)25-14(2)27;1-12(20)22-11-7-8-14(23-17(29)18(3,4)24-13(2)26)15(27)25-19(16(21)28)9-5-6-10-19;1-4-13(15(20)26)22-16(27)14(7-5-10-21-11(2)19)23-17(28)18(8-6-9-18)24-12(3)25;1-9(24)13(14(19)26)22-15(27)12(7-6-8-20-10(2)18)21-16(28)17(4,5)23-11(3)25/h15,23H,1,3-12,21H2,2H3,(H2,22,29)(H,24,30)(H,25,27)(H,26,28);14,22H,1,5-11,20H2,2-4H3,(H2,21,28)(H,23,29)(H,24,26)(H,25,27);13-14,21H,2,4-10,19H2,1,3H3,(H2,20,26)(H,22,27)(H,23,28)(H,24,25);9,12-13,20,24H,2,6-8,18H2,1,3-5H3,(H2,19,26)(H,21,28)(H,22,27)(H,23,25)/t15-;14-;13-,14-;9-,12+,13+/m0001/s1. The molecular formula is C74H132N24O17. The van der Waals surface area contributed by atoms with E-state index in [4.69, 9.17) is 45.9 Å². The lowest BCUT2D eigenvalue weighted by Crippen LogP contribution is -2.66. The second-order valence-electron chi connectivity index (χ2n) is 30.6. The second-order valence-corrected chi connectivity index (χ2v) is 30.6. The van der Waals surface area contributed by atoms with Crippen molar-refractivity contribution in [3.05, 3.63) is 49.6 Å². The summed E-state index contributed by atoms with van der Waals surface area (Å²) in [6.45, 7) is 30.3. The number of hydrogen-bond donors (Lipinski definition) is 25. The van der Waals surface area contributed by atoms with Gasteiger partial charge in [0.1, 0.15) is 69.5 Å². The molecule has 0 saturated heterocycles. The van der Waals surface area contributed by atoms with Gasteiger partial charge < -0.3 is 136 Å². The van der Waals surface area contributed by atoms with Crippen LogP contribution in [0.15, 0.2) is 49.6 Å². The molecule has 4 saturated carbocycles. The van der Waals surface area contributed by atoms with Gasteiger partial charge in [-0.25, -0.2) is 0 Å². The smallest absolute Gasteiger partial charge is 0.246 e. The Balaban J connectivity index is 0.000000767. The summed E-state index contributed by atoms with van der Waals surface area (Å²) >= 11 is 0. The zero-order valence-corrected chi connectivity index (χ0v) is 68.6. The molecule has 16 amide bonds. The van der Waals surface area contributed by atoms with Crippen molar-refractivity contribution in [1.82, 2.24) is 85.1 Å². The van der Waals surface area contributed by atoms with Crippen LogP contribution in [0.1, 0.15) is 217 Å². The third-order valence-electron chi connectivity index (χ3n) is 19.5. The lowest BCUT2D eigenvalue weighted by atomic mass is 9.75. The Morgan fingerprint density at radius 2 is 0.643 bits per heavy atom. The summed E-state index contributed by atoms with van der Waals surface area (Å²) < 4.78 is 0. The summed E-state index contributed by atoms with van der Waals surface area (Å²) in [6.07, 6.45) is 11.0. The molecule has 0 aromatic rings. The van der Waals surface area contributed by atoms with E-state index in [1.54, 1.807) is 20.8 Å². The first-order chi connectivity index (χ1) is 53.4. The van der Waals surface area contributed by atoms with Crippen molar-refractivity contribution in [2.75, 3.05) is 26.2 Å². The van der Waals surface area contributed by atoms with Gasteiger partial charge in [-0.05, 0) is 157 Å². The molecule has 41 nitrogen and oxygen atoms in total. The van der Waals surface area contributed by atoms with Gasteiger partial charge in [0, 0.05) is 53.9 Å². The Bertz CT molecular complexity index is 3430. The average molecular weight is 1630 g/mol. The fourth-order valence-corrected chi connectivity index (χ4v) is 12.9. The number of aliphatic hydroxyl groups excluding tert-OH is 1. The van der Waals surface area contributed by atoms with Gasteiger partial charge in [-0.2, -0.15) is 0 Å². The van der Waals surface area contributed by atoms with Gasteiger partial charge in [-0.15, -0.1) is 0 Å². The molecule has 0 heterocycles. The molecule has 0 bridgehead atoms. The normalized spacial score (nSPS) is 16.8. The maximum absolute atomic E-state index is 13.0. The van der Waals surface area contributed by atoms with E-state index in [2.05, 4.69) is 111 Å². The van der Waals surface area contributed by atoms with E-state index in [0.29, 0.717) is 146 Å². The zero-order valence-electron chi connectivity index (χ0n) is 68.6. The Kier molecular flexibility index (Phi) is 42.6. The maximum Gasteiger partial charge on any atom is 0.246 e. The van der Waals surface area contributed by atoms with Gasteiger partial charge in [0.2, 0.25) is 94.5 Å². The third kappa shape index (κ3) is 35.8. The predicted molar refractivity (Wildman–Crippen MR) is 428 cm³/mol. The molecule has 0 aromatic carbocycles. The minimum atomic E-state index is -1.31. The molecule has 0 aliphatic heterocycles. The second kappa shape index (κ2) is 48.1. The molecule has 4 fully saturated rings. The largest absolute Gasteiger partial charge is 0.391 e. The van der Waals surface area contributed by atoms with Gasteiger partial charge in [0.25, 0.3) is 0 Å². The molecule has 41 heteroatoms. The summed E-state index contributed by atoms with van der Waals surface area (Å²) in [6, 6.07) is -5.80. The van der Waals surface area contributed by atoms with Gasteiger partial charge in [-0.3, -0.25) is 76.7 Å². The van der Waals surface area contributed by atoms with Crippen LogP contribution in [-0.2, 0) is 76.7 Å². The van der Waals surface area contributed by atoms with Gasteiger partial charge >= 0.3 is 0 Å². The van der Waals surface area contributed by atoms with E-state index in [0.717, 1.165) is 38.5 Å². The van der Waals surface area contributed by atoms with Gasteiger partial charge in [0.05, 0.1) is 29.4 Å². The molecule has 650 valence electrons. The van der Waals surface area contributed by atoms with Crippen LogP contribution in [0.4, 0.5) is 0 Å². The van der Waals surface area contributed by atoms with Crippen LogP contribution in [0, 0.1) is 0 Å². The first-order valence-electron chi connectivity index (χ1n) is 38.6. The molecular weight excluding hydrogens is 1500 g/mol. The Morgan fingerprint density at radius 1 is 0.365 bits per heavy atom. The van der Waals surface area contributed by atoms with Gasteiger partial charge in [-0.1, -0.05) is 58.9 Å². The number of primary amides is 4. The summed E-state index contributed by atoms with van der Waals surface area (Å²) in [5.74, 6) is -6.88. The van der Waals surface area contributed by atoms with E-state index in [1.807, 2.05) is 0 Å². The highest BCUT2D eigenvalue weighted by molar-refractivity contribution is 6.00. The molecule has 0 aromatic heterocycles. The van der Waals surface area contributed by atoms with Crippen LogP contribution in [0.2, 0.25) is 0 Å². The summed E-state index contributed by atoms with van der Waals surface area (Å²) in [5, 5.41) is 52.6. The SMILES string of the molecule is C=C(N)NCCC[C@H](NC(=O)C(C)(C)NC(C)=O)C(=O)NC1(C(N)=O)CCCC1.C=C(N)NCCC[C@H](NC(=O)C(C)(C)NC(C)=O)C(=O)N[C@H](C(N)=O)[C@@H](C)O.C=C(N)NCCC[C@H](NC(=O)C1(NC(C)=O)CCC1)C(=O)NC1(C(N)=O)CCCC1.C=C(N)NCCC[C@H](NC(=O)C1(NC(C)=O)CCC1)C(=O)N[C@@H](CC)C(N)=O. The summed E-state index contributed by atoms with van der Waals surface area (Å²) in [5.41, 5.74) is 36.8. The minimum absolute atomic E-state index is 0.194. The van der Waals surface area contributed by atoms with Crippen molar-refractivity contribution in [2.45, 2.75) is 293 Å². The Labute approximate surface area is 673 Å². The van der Waals surface area contributed by atoms with Crippen LogP contribution in [0.5, 0.6) is 0 Å². The fraction of sp³-hybridized carbons (Fsp3) is 0.676. The molecule has 33 N–H and O–H groups in total. The maximum atomic E-state index is 13.0. The van der Waals surface area contributed by atoms with Gasteiger partial charge in [0.15, 0.2) is 0 Å². The molecule has 0 spiro atoms. The topological polar surface area (TPSA) is 694 Å². The van der Waals surface area contributed by atoms with Crippen LogP contribution >= 0.6 is 0 Å². The van der Waals surface area contributed by atoms with Crippen LogP contribution in [0.25, 0.3) is 0 Å². The first kappa shape index (κ1) is 102. The van der Waals surface area contributed by atoms with E-state index in [9.17, 15) is 81.8 Å². The monoisotopic (exact) mass is 1630 g/mol. The van der Waals surface area contributed by atoms with E-state index in [1.165, 1.54) is 48.5 Å². The number of rotatable bonds is 46. The van der Waals surface area contributed by atoms with Crippen molar-refractivity contribution >= 4 is 94.5 Å². The Morgan fingerprint density at radius 3 is 0.878 bits per heavy atom. The van der Waals surface area contributed by atoms with E-state index >= 15 is 0 Å². The highest BCUT2D eigenvalue weighted by Crippen LogP contribution is 2.35. The highest BCUT2D eigenvalue weighted by Gasteiger charge is 2.49. The minimum Gasteiger partial charge on any atom is -0.391 e. The number of carbonyl (C=O) groups is 16. The lowest BCUT2D eigenvalue weighted by Gasteiger charge is -2.41. The lowest BCUT2D eigenvalue weighted by molar-refractivity contribution is -0.140. The summed E-state index contributed by atoms with van der Waals surface area (Å²) in [7, 11) is 0. The van der Waals surface area contributed by atoms with Crippen LogP contribution in [0.3, 0.4) is 0 Å². The first-order valence-corrected chi connectivity index (χ1v) is 38.6. The van der Waals surface area contributed by atoms with Crippen LogP contribution < -0.4 is 131 Å². The number of hydrogen-bond acceptors (Lipinski definition) is 25. The highest BCUT2D eigenvalue weighted by atomic mass is 16.3. The molecule has 0 radical (unpaired) electrons. The molecule has 0 unspecified atom stereocenters. The van der Waals surface area contributed by atoms with Crippen molar-refractivity contribution < 1.29 is 81.8 Å². The van der Waals surface area contributed by atoms with Crippen molar-refractivity contribution in [2.24, 2.45) is 45.9 Å². The predicted octanol–water partition coefficient (Wildman–Crippen LogP) is -5.41. The molecule has 4 aliphatic rings. The van der Waals surface area contributed by atoms with Crippen molar-refractivity contribution in [1.29, 1.82) is 0 Å². The number of amides is 16. The molecule has 4 rings (SSSR count). The van der Waals surface area contributed by atoms with E-state index < -0.39 is 146 Å². The number of nitrogens with two attached hydrogens (primary N) is 8. The molecule has 115 heavy (non-hydrogen) atoms. The Hall–Kier alpha value is -11.2. The molecule has 4 aliphatic carbocycles. The number of aliphatic hydroxyl groups is 1. The van der Waals surface area contributed by atoms with Crippen LogP contribution in [-0.4, -0.2) is 201 Å². The summed E-state index contributed by atoms with van der Waals surface area (Å²) in [4.78, 5) is 195. The quantitative estimate of drug-likeness (QED) is 0.0253. The number of nitrogens with one attached hydrogen (secondary N) is 16. The van der Waals surface area contributed by atoms with E-state index in [-0.39, 0.29) is 35.9 Å². The average Bonchev–Trinajstić information content (AvgIpc) is 1.58. The van der Waals surface area contributed by atoms with Crippen molar-refractivity contribution in [3.8, 4) is 0 Å².